The molecule has 1 aliphatic heterocycles. The minimum atomic E-state index is -0.150. The Hall–Kier alpha value is -0.740. The molecule has 1 fully saturated rings. The van der Waals surface area contributed by atoms with Crippen molar-refractivity contribution in [2.24, 2.45) is 5.73 Å². The van der Waals surface area contributed by atoms with E-state index < -0.39 is 0 Å². The molecule has 2 N–H and O–H groups in total. The molecular weight excluding hydrogens is 235 g/mol. The van der Waals surface area contributed by atoms with Crippen LogP contribution < -0.4 is 10.6 Å². The Balaban J connectivity index is 2.17. The summed E-state index contributed by atoms with van der Waals surface area (Å²) in [7, 11) is 0. The van der Waals surface area contributed by atoms with Gasteiger partial charge in [0.05, 0.1) is 0 Å². The topological polar surface area (TPSA) is 29.3 Å². The predicted octanol–water partition coefficient (Wildman–Crippen LogP) is 2.27. The highest BCUT2D eigenvalue weighted by Crippen LogP contribution is 2.22. The minimum Gasteiger partial charge on any atom is -0.371 e. The van der Waals surface area contributed by atoms with E-state index in [-0.39, 0.29) is 5.82 Å². The van der Waals surface area contributed by atoms with Gasteiger partial charge in [0.25, 0.3) is 0 Å². The maximum atomic E-state index is 13.5. The van der Waals surface area contributed by atoms with Crippen molar-refractivity contribution in [3.05, 3.63) is 29.6 Å². The van der Waals surface area contributed by atoms with Crippen LogP contribution >= 0.6 is 11.8 Å². The average molecular weight is 254 g/mol. The molecule has 0 aliphatic carbocycles. The third kappa shape index (κ3) is 3.61. The molecule has 0 atom stereocenters. The predicted molar refractivity (Wildman–Crippen MR) is 73.3 cm³/mol. The summed E-state index contributed by atoms with van der Waals surface area (Å²) < 4.78 is 13.5. The molecular formula is C13H19FN2S. The van der Waals surface area contributed by atoms with Crippen LogP contribution in [0.4, 0.5) is 10.1 Å². The minimum absolute atomic E-state index is 0.150. The van der Waals surface area contributed by atoms with E-state index in [0.717, 1.165) is 36.5 Å². The van der Waals surface area contributed by atoms with E-state index in [1.165, 1.54) is 12.2 Å². The summed E-state index contributed by atoms with van der Waals surface area (Å²) in [5.74, 6) is 2.19. The molecule has 17 heavy (non-hydrogen) atoms. The molecule has 1 aliphatic rings. The molecule has 0 unspecified atom stereocenters. The van der Waals surface area contributed by atoms with Crippen LogP contribution in [-0.4, -0.2) is 31.1 Å². The molecule has 0 bridgehead atoms. The van der Waals surface area contributed by atoms with Gasteiger partial charge in [-0.25, -0.2) is 4.39 Å². The lowest BCUT2D eigenvalue weighted by molar-refractivity contribution is 0.624. The van der Waals surface area contributed by atoms with Crippen LogP contribution in [0.3, 0.4) is 0 Å². The number of hydrogen-bond acceptors (Lipinski definition) is 3. The van der Waals surface area contributed by atoms with Crippen LogP contribution in [0.1, 0.15) is 12.0 Å². The second-order valence-corrected chi connectivity index (χ2v) is 5.53. The molecule has 0 amide bonds. The molecule has 0 aromatic heterocycles. The summed E-state index contributed by atoms with van der Waals surface area (Å²) >= 11 is 1.98. The summed E-state index contributed by atoms with van der Waals surface area (Å²) in [6, 6.07) is 5.30. The highest BCUT2D eigenvalue weighted by molar-refractivity contribution is 7.99. The molecule has 94 valence electrons. The Morgan fingerprint density at radius 2 is 2.12 bits per heavy atom. The van der Waals surface area contributed by atoms with E-state index in [0.29, 0.717) is 6.54 Å². The van der Waals surface area contributed by atoms with Crippen molar-refractivity contribution >= 4 is 17.4 Å². The standard InChI is InChI=1S/C13H19FN2S/c14-12-8-11(2-3-15)9-13(10-12)16-4-1-6-17-7-5-16/h8-10H,1-7,15H2. The maximum absolute atomic E-state index is 13.5. The Morgan fingerprint density at radius 3 is 2.94 bits per heavy atom. The molecule has 2 nitrogen and oxygen atoms in total. The summed E-state index contributed by atoms with van der Waals surface area (Å²) in [5, 5.41) is 0. The van der Waals surface area contributed by atoms with Crippen molar-refractivity contribution in [1.82, 2.24) is 0 Å². The van der Waals surface area contributed by atoms with Crippen LogP contribution in [0, 0.1) is 5.82 Å². The zero-order valence-electron chi connectivity index (χ0n) is 9.99. The van der Waals surface area contributed by atoms with Gasteiger partial charge in [0.2, 0.25) is 0 Å². The number of anilines is 1. The van der Waals surface area contributed by atoms with Crippen LogP contribution in [0.15, 0.2) is 18.2 Å². The van der Waals surface area contributed by atoms with Gasteiger partial charge in [0.15, 0.2) is 0 Å². The number of thioether (sulfide) groups is 1. The van der Waals surface area contributed by atoms with E-state index in [1.54, 1.807) is 12.1 Å². The third-order valence-corrected chi connectivity index (χ3v) is 4.01. The molecule has 2 rings (SSSR count). The fourth-order valence-electron chi connectivity index (χ4n) is 2.13. The number of rotatable bonds is 3. The van der Waals surface area contributed by atoms with E-state index in [9.17, 15) is 4.39 Å². The number of benzene rings is 1. The van der Waals surface area contributed by atoms with Crippen molar-refractivity contribution in [1.29, 1.82) is 0 Å². The van der Waals surface area contributed by atoms with Crippen LogP contribution in [0.2, 0.25) is 0 Å². The lowest BCUT2D eigenvalue weighted by atomic mass is 10.1. The van der Waals surface area contributed by atoms with E-state index in [2.05, 4.69) is 11.0 Å². The van der Waals surface area contributed by atoms with Gasteiger partial charge < -0.3 is 10.6 Å². The highest BCUT2D eigenvalue weighted by Gasteiger charge is 2.11. The third-order valence-electron chi connectivity index (χ3n) is 2.96. The molecule has 1 saturated heterocycles. The van der Waals surface area contributed by atoms with Gasteiger partial charge in [0.1, 0.15) is 5.82 Å². The van der Waals surface area contributed by atoms with Crippen LogP contribution in [0.5, 0.6) is 0 Å². The van der Waals surface area contributed by atoms with Crippen molar-refractivity contribution in [2.45, 2.75) is 12.8 Å². The Labute approximate surface area is 106 Å². The highest BCUT2D eigenvalue weighted by atomic mass is 32.2. The summed E-state index contributed by atoms with van der Waals surface area (Å²) in [6.07, 6.45) is 1.92. The Morgan fingerprint density at radius 1 is 1.24 bits per heavy atom. The monoisotopic (exact) mass is 254 g/mol. The fourth-order valence-corrected chi connectivity index (χ4v) is 3.02. The fraction of sp³-hybridized carbons (Fsp3) is 0.538. The van der Waals surface area contributed by atoms with Crippen molar-refractivity contribution < 1.29 is 4.39 Å². The average Bonchev–Trinajstić information content (AvgIpc) is 2.57. The molecule has 0 saturated carbocycles. The van der Waals surface area contributed by atoms with Gasteiger partial charge in [0, 0.05) is 24.5 Å². The molecule has 1 aromatic carbocycles. The quantitative estimate of drug-likeness (QED) is 0.897. The largest absolute Gasteiger partial charge is 0.371 e. The number of nitrogens with two attached hydrogens (primary N) is 1. The molecule has 1 heterocycles. The second-order valence-electron chi connectivity index (χ2n) is 4.31. The van der Waals surface area contributed by atoms with Crippen molar-refractivity contribution in [3.8, 4) is 0 Å². The van der Waals surface area contributed by atoms with Crippen LogP contribution in [0.25, 0.3) is 0 Å². The Kier molecular flexibility index (Phi) is 4.68. The smallest absolute Gasteiger partial charge is 0.125 e. The van der Waals surface area contributed by atoms with Crippen molar-refractivity contribution in [3.63, 3.8) is 0 Å². The van der Waals surface area contributed by atoms with Gasteiger partial charge in [-0.15, -0.1) is 0 Å². The first-order chi connectivity index (χ1) is 8.29. The lowest BCUT2D eigenvalue weighted by Gasteiger charge is -2.23. The van der Waals surface area contributed by atoms with Gasteiger partial charge >= 0.3 is 0 Å². The van der Waals surface area contributed by atoms with Crippen molar-refractivity contribution in [2.75, 3.05) is 36.0 Å². The first-order valence-electron chi connectivity index (χ1n) is 6.12. The molecule has 4 heteroatoms. The second kappa shape index (κ2) is 6.26. The maximum Gasteiger partial charge on any atom is 0.125 e. The molecule has 1 aromatic rings. The SMILES string of the molecule is NCCc1cc(F)cc(N2CCCSCC2)c1. The Bertz CT molecular complexity index is 362. The normalized spacial score (nSPS) is 16.9. The summed E-state index contributed by atoms with van der Waals surface area (Å²) in [5.41, 5.74) is 7.53. The van der Waals surface area contributed by atoms with Gasteiger partial charge in [-0.3, -0.25) is 0 Å². The van der Waals surface area contributed by atoms with E-state index >= 15 is 0 Å². The number of nitrogens with zero attached hydrogens (tertiary/aromatic N) is 1. The summed E-state index contributed by atoms with van der Waals surface area (Å²) in [4.78, 5) is 2.28. The molecule has 0 spiro atoms. The first kappa shape index (κ1) is 12.7. The van der Waals surface area contributed by atoms with Gasteiger partial charge in [-0.05, 0) is 48.9 Å². The zero-order valence-corrected chi connectivity index (χ0v) is 10.8. The van der Waals surface area contributed by atoms with Gasteiger partial charge in [-0.2, -0.15) is 11.8 Å². The van der Waals surface area contributed by atoms with Gasteiger partial charge in [-0.1, -0.05) is 0 Å². The molecule has 0 radical (unpaired) electrons. The van der Waals surface area contributed by atoms with E-state index in [1.807, 2.05) is 11.8 Å². The number of hydrogen-bond donors (Lipinski definition) is 1. The summed E-state index contributed by atoms with van der Waals surface area (Å²) in [6.45, 7) is 2.60. The zero-order chi connectivity index (χ0) is 12.1. The first-order valence-corrected chi connectivity index (χ1v) is 7.27. The van der Waals surface area contributed by atoms with Crippen LogP contribution in [-0.2, 0) is 6.42 Å². The van der Waals surface area contributed by atoms with E-state index in [4.69, 9.17) is 5.73 Å². The lowest BCUT2D eigenvalue weighted by Crippen LogP contribution is -2.25. The number of halogens is 1.